The predicted octanol–water partition coefficient (Wildman–Crippen LogP) is 5.04. The van der Waals surface area contributed by atoms with E-state index in [1.807, 2.05) is 48.5 Å². The van der Waals surface area contributed by atoms with E-state index in [0.717, 1.165) is 35.4 Å². The molecule has 0 N–H and O–H groups in total. The summed E-state index contributed by atoms with van der Waals surface area (Å²) >= 11 is 5.92. The summed E-state index contributed by atoms with van der Waals surface area (Å²) in [6, 6.07) is 15.2. The zero-order chi connectivity index (χ0) is 19.5. The summed E-state index contributed by atoms with van der Waals surface area (Å²) in [5.41, 5.74) is 2.47. The van der Waals surface area contributed by atoms with Crippen LogP contribution in [0.3, 0.4) is 0 Å². The lowest BCUT2D eigenvalue weighted by atomic mass is 9.77. The van der Waals surface area contributed by atoms with E-state index in [2.05, 4.69) is 0 Å². The third-order valence-electron chi connectivity index (χ3n) is 5.50. The van der Waals surface area contributed by atoms with Crippen LogP contribution < -0.4 is 4.74 Å². The van der Waals surface area contributed by atoms with Crippen LogP contribution in [0.4, 0.5) is 0 Å². The van der Waals surface area contributed by atoms with Gasteiger partial charge in [-0.2, -0.15) is 0 Å². The van der Waals surface area contributed by atoms with E-state index in [1.54, 1.807) is 13.4 Å². The van der Waals surface area contributed by atoms with Crippen molar-refractivity contribution in [2.75, 3.05) is 7.11 Å². The number of benzene rings is 2. The van der Waals surface area contributed by atoms with Gasteiger partial charge in [0, 0.05) is 17.0 Å². The number of hydrogen-bond acceptors (Lipinski definition) is 4. The third kappa shape index (κ3) is 3.94. The Morgan fingerprint density at radius 1 is 1.11 bits per heavy atom. The number of fused-ring (bicyclic) bond motifs is 1. The van der Waals surface area contributed by atoms with Crippen molar-refractivity contribution < 1.29 is 19.0 Å². The van der Waals surface area contributed by atoms with Gasteiger partial charge < -0.3 is 14.2 Å². The second kappa shape index (κ2) is 8.38. The molecule has 0 radical (unpaired) electrons. The standard InChI is InChI=1S/C23H23ClO4/c1-26-21-5-3-2-4-18(21)20-14-28-22-12-17(10-11-19(22)23(20)25)27-13-15-6-8-16(24)9-7-15/h2-9,14,17,19,22H,10-13H2,1H3. The van der Waals surface area contributed by atoms with Gasteiger partial charge in [0.2, 0.25) is 0 Å². The zero-order valence-corrected chi connectivity index (χ0v) is 16.5. The number of carbonyl (C=O) groups excluding carboxylic acids is 1. The fourth-order valence-corrected chi connectivity index (χ4v) is 4.09. The summed E-state index contributed by atoms with van der Waals surface area (Å²) in [5, 5.41) is 0.719. The molecule has 1 heterocycles. The van der Waals surface area contributed by atoms with Crippen LogP contribution in [0.15, 0.2) is 54.8 Å². The number of ketones is 1. The first-order chi connectivity index (χ1) is 13.7. The fourth-order valence-electron chi connectivity index (χ4n) is 3.97. The number of methoxy groups -OCH3 is 1. The Labute approximate surface area is 170 Å². The van der Waals surface area contributed by atoms with E-state index in [-0.39, 0.29) is 23.9 Å². The van der Waals surface area contributed by atoms with E-state index < -0.39 is 0 Å². The molecule has 1 aliphatic carbocycles. The molecular weight excluding hydrogens is 376 g/mol. The number of ether oxygens (including phenoxy) is 3. The lowest BCUT2D eigenvalue weighted by Gasteiger charge is -2.37. The van der Waals surface area contributed by atoms with Gasteiger partial charge in [0.15, 0.2) is 5.78 Å². The highest BCUT2D eigenvalue weighted by Crippen LogP contribution is 2.39. The van der Waals surface area contributed by atoms with Crippen molar-refractivity contribution in [3.8, 4) is 5.75 Å². The fraction of sp³-hybridized carbons (Fsp3) is 0.348. The first-order valence-corrected chi connectivity index (χ1v) is 9.93. The minimum atomic E-state index is -0.130. The summed E-state index contributed by atoms with van der Waals surface area (Å²) in [4.78, 5) is 13.1. The van der Waals surface area contributed by atoms with Crippen LogP contribution in [0.2, 0.25) is 5.02 Å². The first-order valence-electron chi connectivity index (χ1n) is 9.55. The van der Waals surface area contributed by atoms with Crippen LogP contribution in [0, 0.1) is 5.92 Å². The minimum absolute atomic E-state index is 0.0888. The van der Waals surface area contributed by atoms with Crippen LogP contribution in [-0.4, -0.2) is 25.1 Å². The Morgan fingerprint density at radius 2 is 1.89 bits per heavy atom. The average Bonchev–Trinajstić information content (AvgIpc) is 2.73. The highest BCUT2D eigenvalue weighted by Gasteiger charge is 2.41. The molecule has 5 heteroatoms. The number of rotatable bonds is 5. The molecule has 3 atom stereocenters. The van der Waals surface area contributed by atoms with Gasteiger partial charge in [-0.25, -0.2) is 0 Å². The van der Waals surface area contributed by atoms with Crippen molar-refractivity contribution in [1.82, 2.24) is 0 Å². The van der Waals surface area contributed by atoms with Crippen molar-refractivity contribution in [2.24, 2.45) is 5.92 Å². The zero-order valence-electron chi connectivity index (χ0n) is 15.8. The quantitative estimate of drug-likeness (QED) is 0.707. The van der Waals surface area contributed by atoms with Gasteiger partial charge in [0.05, 0.1) is 37.6 Å². The molecule has 2 aliphatic rings. The molecule has 1 saturated carbocycles. The second-order valence-electron chi connectivity index (χ2n) is 7.25. The van der Waals surface area contributed by atoms with E-state index >= 15 is 0 Å². The van der Waals surface area contributed by atoms with Crippen molar-refractivity contribution in [3.63, 3.8) is 0 Å². The summed E-state index contributed by atoms with van der Waals surface area (Å²) in [5.74, 6) is 0.696. The van der Waals surface area contributed by atoms with Gasteiger partial charge in [-0.15, -0.1) is 0 Å². The molecular formula is C23H23ClO4. The topological polar surface area (TPSA) is 44.8 Å². The molecule has 146 valence electrons. The van der Waals surface area contributed by atoms with Crippen LogP contribution in [0.1, 0.15) is 30.4 Å². The molecule has 0 spiro atoms. The van der Waals surface area contributed by atoms with Gasteiger partial charge in [0.25, 0.3) is 0 Å². The first kappa shape index (κ1) is 19.0. The maximum absolute atomic E-state index is 13.1. The molecule has 0 aromatic heterocycles. The molecule has 4 nitrogen and oxygen atoms in total. The Bertz CT molecular complexity index is 874. The van der Waals surface area contributed by atoms with Crippen molar-refractivity contribution in [1.29, 1.82) is 0 Å². The van der Waals surface area contributed by atoms with Gasteiger partial charge in [-0.3, -0.25) is 4.79 Å². The van der Waals surface area contributed by atoms with Crippen LogP contribution in [-0.2, 0) is 20.9 Å². The molecule has 1 aliphatic heterocycles. The number of halogens is 1. The summed E-state index contributed by atoms with van der Waals surface area (Å²) in [6.45, 7) is 0.537. The lowest BCUT2D eigenvalue weighted by Crippen LogP contribution is -2.41. The summed E-state index contributed by atoms with van der Waals surface area (Å²) in [7, 11) is 1.61. The summed E-state index contributed by atoms with van der Waals surface area (Å²) in [6.07, 6.45) is 3.90. The largest absolute Gasteiger partial charge is 0.496 e. The smallest absolute Gasteiger partial charge is 0.173 e. The number of carbonyl (C=O) groups is 1. The number of hydrogen-bond donors (Lipinski definition) is 0. The van der Waals surface area contributed by atoms with E-state index in [9.17, 15) is 4.79 Å². The van der Waals surface area contributed by atoms with Crippen LogP contribution in [0.5, 0.6) is 5.75 Å². The molecule has 28 heavy (non-hydrogen) atoms. The Kier molecular flexibility index (Phi) is 5.69. The Balaban J connectivity index is 1.42. The number of para-hydroxylation sites is 1. The highest BCUT2D eigenvalue weighted by molar-refractivity contribution is 6.30. The minimum Gasteiger partial charge on any atom is -0.496 e. The maximum Gasteiger partial charge on any atom is 0.173 e. The Morgan fingerprint density at radius 3 is 2.68 bits per heavy atom. The summed E-state index contributed by atoms with van der Waals surface area (Å²) < 4.78 is 17.5. The lowest BCUT2D eigenvalue weighted by molar-refractivity contribution is -0.128. The SMILES string of the molecule is COc1ccccc1C1=COC2CC(OCc3ccc(Cl)cc3)CCC2C1=O. The molecule has 3 unspecified atom stereocenters. The van der Waals surface area contributed by atoms with Gasteiger partial charge in [-0.1, -0.05) is 41.9 Å². The van der Waals surface area contributed by atoms with Crippen LogP contribution in [0.25, 0.3) is 5.57 Å². The third-order valence-corrected chi connectivity index (χ3v) is 5.75. The maximum atomic E-state index is 13.1. The number of allylic oxidation sites excluding steroid dienone is 1. The van der Waals surface area contributed by atoms with Gasteiger partial charge in [0.1, 0.15) is 11.9 Å². The molecule has 2 aromatic carbocycles. The highest BCUT2D eigenvalue weighted by atomic mass is 35.5. The van der Waals surface area contributed by atoms with Gasteiger partial charge in [-0.05, 0) is 36.6 Å². The molecule has 0 bridgehead atoms. The Hall–Kier alpha value is -2.30. The molecule has 0 amide bonds. The normalized spacial score (nSPS) is 24.1. The van der Waals surface area contributed by atoms with Crippen molar-refractivity contribution >= 4 is 23.0 Å². The van der Waals surface area contributed by atoms with Crippen molar-refractivity contribution in [3.05, 3.63) is 70.9 Å². The van der Waals surface area contributed by atoms with E-state index in [1.165, 1.54) is 0 Å². The molecule has 1 fully saturated rings. The van der Waals surface area contributed by atoms with Gasteiger partial charge >= 0.3 is 0 Å². The van der Waals surface area contributed by atoms with Crippen molar-refractivity contribution in [2.45, 2.75) is 38.1 Å². The molecule has 0 saturated heterocycles. The molecule has 2 aromatic rings. The van der Waals surface area contributed by atoms with Crippen LogP contribution >= 0.6 is 11.6 Å². The predicted molar refractivity (Wildman–Crippen MR) is 108 cm³/mol. The van der Waals surface area contributed by atoms with E-state index in [4.69, 9.17) is 25.8 Å². The second-order valence-corrected chi connectivity index (χ2v) is 7.69. The van der Waals surface area contributed by atoms with E-state index in [0.29, 0.717) is 17.9 Å². The molecule has 4 rings (SSSR count). The average molecular weight is 399 g/mol. The monoisotopic (exact) mass is 398 g/mol. The number of Topliss-reactive ketones (excluding diaryl/α,β-unsaturated/α-hetero) is 1.